The van der Waals surface area contributed by atoms with E-state index in [4.69, 9.17) is 0 Å². The van der Waals surface area contributed by atoms with Crippen molar-refractivity contribution in [1.29, 1.82) is 0 Å². The Morgan fingerprint density at radius 1 is 0.792 bits per heavy atom. The van der Waals surface area contributed by atoms with Gasteiger partial charge in [-0.05, 0) is 29.7 Å². The third kappa shape index (κ3) is 3.20. The molecule has 0 aliphatic heterocycles. The molecule has 3 rings (SSSR count). The molecule has 0 saturated heterocycles. The minimum absolute atomic E-state index is 1.27. The molecule has 0 radical (unpaired) electrons. The Hall–Kier alpha value is -2.19. The Kier molecular flexibility index (Phi) is 4.42. The first-order valence-electron chi connectivity index (χ1n) is 8.53. The van der Waals surface area contributed by atoms with Gasteiger partial charge in [-0.15, -0.1) is 0 Å². The predicted octanol–water partition coefficient (Wildman–Crippen LogP) is 4.70. The van der Waals surface area contributed by atoms with Crippen molar-refractivity contribution in [1.82, 2.24) is 0 Å². The molecule has 3 aromatic rings. The van der Waals surface area contributed by atoms with E-state index < -0.39 is 8.07 Å². The zero-order valence-electron chi connectivity index (χ0n) is 15.3. The van der Waals surface area contributed by atoms with Crippen molar-refractivity contribution in [3.8, 4) is 22.4 Å². The summed E-state index contributed by atoms with van der Waals surface area (Å²) in [4.78, 5) is 0. The Balaban J connectivity index is 2.30. The molecular weight excluding hydrogens is 306 g/mol. The van der Waals surface area contributed by atoms with Crippen LogP contribution in [0.1, 0.15) is 5.56 Å². The van der Waals surface area contributed by atoms with Crippen molar-refractivity contribution in [2.75, 3.05) is 0 Å². The third-order valence-electron chi connectivity index (χ3n) is 4.59. The lowest BCUT2D eigenvalue weighted by Gasteiger charge is -2.20. The number of pyridine rings is 1. The minimum Gasteiger partial charge on any atom is -0.201 e. The summed E-state index contributed by atoms with van der Waals surface area (Å²) in [6.07, 6.45) is 2.36. The summed E-state index contributed by atoms with van der Waals surface area (Å²) in [5.41, 5.74) is 6.58. The molecule has 24 heavy (non-hydrogen) atoms. The van der Waals surface area contributed by atoms with Crippen LogP contribution in [0.2, 0.25) is 19.6 Å². The van der Waals surface area contributed by atoms with Gasteiger partial charge in [0, 0.05) is 16.8 Å². The smallest absolute Gasteiger partial charge is 0.201 e. The molecule has 1 aromatic heterocycles. The van der Waals surface area contributed by atoms with Gasteiger partial charge in [-0.1, -0.05) is 68.2 Å². The fourth-order valence-corrected chi connectivity index (χ4v) is 4.84. The van der Waals surface area contributed by atoms with Crippen LogP contribution in [-0.4, -0.2) is 8.07 Å². The molecule has 0 spiro atoms. The molecule has 0 amide bonds. The zero-order chi connectivity index (χ0) is 17.3. The third-order valence-corrected chi connectivity index (χ3v) is 6.60. The molecule has 2 heteroatoms. The molecule has 0 atom stereocenters. The van der Waals surface area contributed by atoms with Gasteiger partial charge in [-0.2, -0.15) is 0 Å². The molecule has 1 nitrogen and oxygen atoms in total. The van der Waals surface area contributed by atoms with Gasteiger partial charge in [-0.25, -0.2) is 4.57 Å². The van der Waals surface area contributed by atoms with E-state index in [2.05, 4.69) is 105 Å². The van der Waals surface area contributed by atoms with Crippen molar-refractivity contribution in [3.63, 3.8) is 0 Å². The van der Waals surface area contributed by atoms with Crippen LogP contribution in [0.3, 0.4) is 0 Å². The van der Waals surface area contributed by atoms with Crippen LogP contribution in [0.25, 0.3) is 22.4 Å². The molecule has 0 fully saturated rings. The highest BCUT2D eigenvalue weighted by atomic mass is 28.3. The number of aryl methyl sites for hydroxylation is 2. The number of nitrogens with zero attached hydrogens (tertiary/aromatic N) is 1. The van der Waals surface area contributed by atoms with Crippen LogP contribution >= 0.6 is 0 Å². The van der Waals surface area contributed by atoms with Crippen LogP contribution in [0.15, 0.2) is 66.9 Å². The molecule has 0 aliphatic rings. The molecular formula is C22H26NSi+. The lowest BCUT2D eigenvalue weighted by Crippen LogP contribution is -2.46. The fourth-order valence-electron chi connectivity index (χ4n) is 3.23. The average molecular weight is 333 g/mol. The predicted molar refractivity (Wildman–Crippen MR) is 106 cm³/mol. The highest BCUT2D eigenvalue weighted by molar-refractivity contribution is 6.89. The van der Waals surface area contributed by atoms with E-state index >= 15 is 0 Å². The molecule has 1 heterocycles. The number of hydrogen-bond acceptors (Lipinski definition) is 0. The van der Waals surface area contributed by atoms with Crippen LogP contribution in [-0.2, 0) is 7.05 Å². The Labute approximate surface area is 146 Å². The van der Waals surface area contributed by atoms with Crippen molar-refractivity contribution >= 4 is 13.3 Å². The second kappa shape index (κ2) is 6.37. The summed E-state index contributed by atoms with van der Waals surface area (Å²) in [6.45, 7) is 9.44. The van der Waals surface area contributed by atoms with Crippen LogP contribution in [0, 0.1) is 6.92 Å². The first-order valence-corrected chi connectivity index (χ1v) is 12.0. The highest BCUT2D eigenvalue weighted by Crippen LogP contribution is 2.26. The van der Waals surface area contributed by atoms with E-state index in [9.17, 15) is 0 Å². The molecule has 0 bridgehead atoms. The van der Waals surface area contributed by atoms with Gasteiger partial charge in [-0.3, -0.25) is 0 Å². The van der Waals surface area contributed by atoms with E-state index in [1.807, 2.05) is 0 Å². The largest absolute Gasteiger partial charge is 0.213 e. The van der Waals surface area contributed by atoms with E-state index in [0.29, 0.717) is 0 Å². The van der Waals surface area contributed by atoms with Gasteiger partial charge < -0.3 is 0 Å². The quantitative estimate of drug-likeness (QED) is 0.483. The van der Waals surface area contributed by atoms with Gasteiger partial charge in [0.15, 0.2) is 6.20 Å². The monoisotopic (exact) mass is 332 g/mol. The second-order valence-electron chi connectivity index (χ2n) is 7.53. The topological polar surface area (TPSA) is 3.88 Å². The van der Waals surface area contributed by atoms with Crippen molar-refractivity contribution < 1.29 is 4.57 Å². The first-order chi connectivity index (χ1) is 11.4. The Bertz CT molecular complexity index is 861. The summed E-state index contributed by atoms with van der Waals surface area (Å²) in [7, 11) is 0.716. The van der Waals surface area contributed by atoms with Gasteiger partial charge in [0.05, 0.1) is 8.07 Å². The average Bonchev–Trinajstić information content (AvgIpc) is 2.55. The maximum absolute atomic E-state index is 2.42. The van der Waals surface area contributed by atoms with E-state index in [0.717, 1.165) is 0 Å². The standard InChI is InChI=1S/C22H26NSi/c1-17-11-9-10-14-19(17)21-15-20(18-12-7-6-8-13-18)22(16-23(21)2)24(3,4)5/h6-16H,1-5H3/q+1. The maximum atomic E-state index is 2.42. The molecule has 0 N–H and O–H groups in total. The summed E-state index contributed by atoms with van der Waals surface area (Å²) in [5.74, 6) is 0. The van der Waals surface area contributed by atoms with Crippen molar-refractivity contribution in [2.24, 2.45) is 7.05 Å². The maximum Gasteiger partial charge on any atom is 0.213 e. The zero-order valence-corrected chi connectivity index (χ0v) is 16.3. The molecule has 0 unspecified atom stereocenters. The molecule has 122 valence electrons. The summed E-state index contributed by atoms with van der Waals surface area (Å²) in [5, 5.41) is 1.51. The fraction of sp³-hybridized carbons (Fsp3) is 0.227. The molecule has 0 saturated carbocycles. The van der Waals surface area contributed by atoms with Crippen LogP contribution in [0.4, 0.5) is 0 Å². The van der Waals surface area contributed by atoms with E-state index in [-0.39, 0.29) is 0 Å². The summed E-state index contributed by atoms with van der Waals surface area (Å²) >= 11 is 0. The van der Waals surface area contributed by atoms with Crippen LogP contribution in [0.5, 0.6) is 0 Å². The van der Waals surface area contributed by atoms with Crippen molar-refractivity contribution in [3.05, 3.63) is 72.4 Å². The van der Waals surface area contributed by atoms with Gasteiger partial charge in [0.25, 0.3) is 0 Å². The highest BCUT2D eigenvalue weighted by Gasteiger charge is 2.26. The van der Waals surface area contributed by atoms with Crippen LogP contribution < -0.4 is 9.75 Å². The molecule has 0 aliphatic carbocycles. The summed E-state index contributed by atoms with van der Waals surface area (Å²) in [6, 6.07) is 21.8. The normalized spacial score (nSPS) is 11.5. The van der Waals surface area contributed by atoms with Gasteiger partial charge >= 0.3 is 0 Å². The van der Waals surface area contributed by atoms with Gasteiger partial charge in [0.2, 0.25) is 5.69 Å². The minimum atomic E-state index is -1.45. The lowest BCUT2D eigenvalue weighted by atomic mass is 10.0. The van der Waals surface area contributed by atoms with Crippen molar-refractivity contribution in [2.45, 2.75) is 26.6 Å². The molecule has 2 aromatic carbocycles. The van der Waals surface area contributed by atoms with E-state index in [1.54, 1.807) is 0 Å². The second-order valence-corrected chi connectivity index (χ2v) is 12.6. The number of benzene rings is 2. The van der Waals surface area contributed by atoms with Gasteiger partial charge in [0.1, 0.15) is 7.05 Å². The Morgan fingerprint density at radius 2 is 1.42 bits per heavy atom. The Morgan fingerprint density at radius 3 is 2.04 bits per heavy atom. The van der Waals surface area contributed by atoms with E-state index in [1.165, 1.54) is 33.1 Å². The number of aromatic nitrogens is 1. The SMILES string of the molecule is Cc1ccccc1-c1cc(-c2ccccc2)c([Si](C)(C)C)c[n+]1C. The lowest BCUT2D eigenvalue weighted by molar-refractivity contribution is -0.659. The number of rotatable bonds is 3. The number of hydrogen-bond donors (Lipinski definition) is 0. The first kappa shape index (κ1) is 16.7. The summed E-state index contributed by atoms with van der Waals surface area (Å²) < 4.78 is 2.29.